The van der Waals surface area contributed by atoms with E-state index < -0.39 is 24.9 Å². The van der Waals surface area contributed by atoms with Crippen LogP contribution >= 0.6 is 0 Å². The van der Waals surface area contributed by atoms with Gasteiger partial charge in [-0.1, -0.05) is 0 Å². The number of alkyl carbamates (subject to hydrolysis) is 3. The van der Waals surface area contributed by atoms with Gasteiger partial charge in [0.25, 0.3) is 0 Å². The summed E-state index contributed by atoms with van der Waals surface area (Å²) in [4.78, 5) is 42.0. The van der Waals surface area contributed by atoms with Crippen molar-refractivity contribution in [3.63, 3.8) is 0 Å². The first-order valence-corrected chi connectivity index (χ1v) is 6.78. The summed E-state index contributed by atoms with van der Waals surface area (Å²) in [5.41, 5.74) is 0. The van der Waals surface area contributed by atoms with Crippen LogP contribution in [0.2, 0.25) is 0 Å². The van der Waals surface area contributed by atoms with E-state index in [0.717, 1.165) is 0 Å². The molecule has 0 rings (SSSR count). The molecule has 0 saturated carbocycles. The lowest BCUT2D eigenvalue weighted by atomic mass is 10.8. The first-order valence-electron chi connectivity index (χ1n) is 6.78. The molecule has 0 radical (unpaired) electrons. The molecule has 0 fully saturated rings. The van der Waals surface area contributed by atoms with Gasteiger partial charge in [0.1, 0.15) is 0 Å². The standard InChI is InChI=1S/C7H12N2O6.C5H12N2O2/c1-5(10)14-4-15-7(12)9-3-8-6(11)13-2;1-3-9-5(8)7-4-6-2/h3-4H2,1-2H3,(H,8,11)(H,9,12);6H,3-4H2,1-2H3,(H,7,8). The van der Waals surface area contributed by atoms with E-state index in [9.17, 15) is 19.2 Å². The molecule has 3 amide bonds. The van der Waals surface area contributed by atoms with Crippen LogP contribution in [0.1, 0.15) is 13.8 Å². The highest BCUT2D eigenvalue weighted by Gasteiger charge is 2.03. The number of methoxy groups -OCH3 is 1. The van der Waals surface area contributed by atoms with E-state index in [0.29, 0.717) is 13.3 Å². The Kier molecular flexibility index (Phi) is 16.3. The molecule has 12 heteroatoms. The summed E-state index contributed by atoms with van der Waals surface area (Å²) in [6.45, 7) is 3.18. The lowest BCUT2D eigenvalue weighted by Crippen LogP contribution is -2.37. The van der Waals surface area contributed by atoms with Crippen molar-refractivity contribution in [2.75, 3.05) is 40.9 Å². The van der Waals surface area contributed by atoms with Crippen molar-refractivity contribution < 1.29 is 38.1 Å². The van der Waals surface area contributed by atoms with Gasteiger partial charge < -0.3 is 40.2 Å². The molecule has 0 aromatic carbocycles. The quantitative estimate of drug-likeness (QED) is 0.268. The molecule has 140 valence electrons. The number of hydrogen-bond acceptors (Lipinski definition) is 9. The average molecular weight is 352 g/mol. The van der Waals surface area contributed by atoms with Gasteiger partial charge in [0.05, 0.1) is 27.1 Å². The van der Waals surface area contributed by atoms with Crippen molar-refractivity contribution in [3.8, 4) is 0 Å². The van der Waals surface area contributed by atoms with Gasteiger partial charge in [-0.15, -0.1) is 0 Å². The molecular weight excluding hydrogens is 328 g/mol. The number of ether oxygens (including phenoxy) is 4. The van der Waals surface area contributed by atoms with Gasteiger partial charge in [-0.25, -0.2) is 14.4 Å². The van der Waals surface area contributed by atoms with Gasteiger partial charge in [-0.05, 0) is 14.0 Å². The summed E-state index contributed by atoms with van der Waals surface area (Å²) in [7, 11) is 2.93. The Morgan fingerprint density at radius 3 is 1.88 bits per heavy atom. The van der Waals surface area contributed by atoms with Crippen LogP contribution in [-0.2, 0) is 23.7 Å². The van der Waals surface area contributed by atoms with Gasteiger partial charge in [0, 0.05) is 6.92 Å². The van der Waals surface area contributed by atoms with Crippen molar-refractivity contribution in [2.45, 2.75) is 13.8 Å². The lowest BCUT2D eigenvalue weighted by molar-refractivity contribution is -0.149. The maximum absolute atomic E-state index is 10.8. The van der Waals surface area contributed by atoms with Crippen LogP contribution in [0.15, 0.2) is 0 Å². The largest absolute Gasteiger partial charge is 0.453 e. The highest BCUT2D eigenvalue weighted by molar-refractivity contribution is 5.70. The fourth-order valence-corrected chi connectivity index (χ4v) is 0.820. The molecular formula is C12H24N4O8. The Bertz CT molecular complexity index is 391. The summed E-state index contributed by atoms with van der Waals surface area (Å²) < 4.78 is 17.5. The molecule has 0 aromatic heterocycles. The number of rotatable bonds is 7. The Morgan fingerprint density at radius 2 is 1.38 bits per heavy atom. The number of nitrogens with one attached hydrogen (secondary N) is 4. The number of amides is 3. The van der Waals surface area contributed by atoms with E-state index in [-0.39, 0.29) is 12.8 Å². The van der Waals surface area contributed by atoms with Gasteiger partial charge in [-0.3, -0.25) is 4.79 Å². The van der Waals surface area contributed by atoms with Crippen molar-refractivity contribution in [3.05, 3.63) is 0 Å². The van der Waals surface area contributed by atoms with E-state index in [4.69, 9.17) is 0 Å². The zero-order valence-electron chi connectivity index (χ0n) is 14.1. The van der Waals surface area contributed by atoms with Crippen LogP contribution in [0, 0.1) is 0 Å². The maximum Gasteiger partial charge on any atom is 0.411 e. The molecule has 0 aliphatic rings. The third kappa shape index (κ3) is 19.2. The zero-order chi connectivity index (χ0) is 18.8. The van der Waals surface area contributed by atoms with Crippen LogP contribution in [0.4, 0.5) is 14.4 Å². The molecule has 0 aromatic rings. The third-order valence-electron chi connectivity index (χ3n) is 1.79. The van der Waals surface area contributed by atoms with E-state index in [2.05, 4.69) is 40.2 Å². The number of carbonyl (C=O) groups is 4. The van der Waals surface area contributed by atoms with E-state index in [1.165, 1.54) is 14.0 Å². The van der Waals surface area contributed by atoms with Crippen LogP contribution in [0.25, 0.3) is 0 Å². The van der Waals surface area contributed by atoms with Gasteiger partial charge >= 0.3 is 24.2 Å². The molecule has 0 saturated heterocycles. The molecule has 0 spiro atoms. The number of hydrogen-bond donors (Lipinski definition) is 4. The van der Waals surface area contributed by atoms with E-state index in [1.54, 1.807) is 14.0 Å². The highest BCUT2D eigenvalue weighted by Crippen LogP contribution is 1.80. The summed E-state index contributed by atoms with van der Waals surface area (Å²) in [5, 5.41) is 9.54. The molecule has 0 atom stereocenters. The monoisotopic (exact) mass is 352 g/mol. The predicted octanol–water partition coefficient (Wildman–Crippen LogP) is -0.544. The smallest absolute Gasteiger partial charge is 0.411 e. The fraction of sp³-hybridized carbons (Fsp3) is 0.667. The molecule has 12 nitrogen and oxygen atoms in total. The van der Waals surface area contributed by atoms with Crippen LogP contribution in [-0.4, -0.2) is 65.1 Å². The Labute approximate surface area is 139 Å². The third-order valence-corrected chi connectivity index (χ3v) is 1.79. The summed E-state index contributed by atoms with van der Waals surface area (Å²) in [6.07, 6.45) is -1.89. The second kappa shape index (κ2) is 16.6. The second-order valence-electron chi connectivity index (χ2n) is 3.64. The number of esters is 1. The summed E-state index contributed by atoms with van der Waals surface area (Å²) in [5.74, 6) is -0.560. The molecule has 0 heterocycles. The van der Waals surface area contributed by atoms with Crippen molar-refractivity contribution in [1.29, 1.82) is 0 Å². The first kappa shape index (κ1) is 23.5. The minimum absolute atomic E-state index is 0.147. The minimum Gasteiger partial charge on any atom is -0.453 e. The van der Waals surface area contributed by atoms with Gasteiger partial charge in [-0.2, -0.15) is 0 Å². The summed E-state index contributed by atoms with van der Waals surface area (Å²) in [6, 6.07) is 0. The molecule has 0 aliphatic carbocycles. The minimum atomic E-state index is -0.826. The van der Waals surface area contributed by atoms with E-state index >= 15 is 0 Å². The normalized spacial score (nSPS) is 8.67. The predicted molar refractivity (Wildman–Crippen MR) is 80.7 cm³/mol. The van der Waals surface area contributed by atoms with Crippen molar-refractivity contribution in [2.24, 2.45) is 0 Å². The Morgan fingerprint density at radius 1 is 0.833 bits per heavy atom. The van der Waals surface area contributed by atoms with Gasteiger partial charge in [0.15, 0.2) is 0 Å². The topological polar surface area (TPSA) is 153 Å². The van der Waals surface area contributed by atoms with Crippen LogP contribution < -0.4 is 21.3 Å². The van der Waals surface area contributed by atoms with Crippen molar-refractivity contribution in [1.82, 2.24) is 21.3 Å². The van der Waals surface area contributed by atoms with Crippen LogP contribution in [0.3, 0.4) is 0 Å². The molecule has 0 bridgehead atoms. The average Bonchev–Trinajstić information content (AvgIpc) is 2.53. The molecule has 4 N–H and O–H groups in total. The molecule has 0 unspecified atom stereocenters. The maximum atomic E-state index is 10.8. The summed E-state index contributed by atoms with van der Waals surface area (Å²) >= 11 is 0. The van der Waals surface area contributed by atoms with E-state index in [1.807, 2.05) is 0 Å². The van der Waals surface area contributed by atoms with Crippen molar-refractivity contribution >= 4 is 24.2 Å². The Hall–Kier alpha value is -2.76. The SMILES string of the molecule is CCOC(=O)NCNC.COC(=O)NCNC(=O)OCOC(C)=O. The highest BCUT2D eigenvalue weighted by atomic mass is 16.7. The van der Waals surface area contributed by atoms with Gasteiger partial charge in [0.2, 0.25) is 6.79 Å². The fourth-order valence-electron chi connectivity index (χ4n) is 0.820. The second-order valence-corrected chi connectivity index (χ2v) is 3.64. The lowest BCUT2D eigenvalue weighted by Gasteiger charge is -2.07. The zero-order valence-corrected chi connectivity index (χ0v) is 14.1. The Balaban J connectivity index is 0. The molecule has 24 heavy (non-hydrogen) atoms. The first-order chi connectivity index (χ1) is 11.4. The molecule has 0 aliphatic heterocycles. The number of carbonyl (C=O) groups excluding carboxylic acids is 4. The van der Waals surface area contributed by atoms with Crippen LogP contribution in [0.5, 0.6) is 0 Å².